The molecule has 2 unspecified atom stereocenters. The van der Waals surface area contributed by atoms with Gasteiger partial charge in [-0.1, -0.05) is 13.3 Å². The van der Waals surface area contributed by atoms with Gasteiger partial charge in [0, 0.05) is 24.7 Å². The maximum Gasteiger partial charge on any atom is 0.335 e. The van der Waals surface area contributed by atoms with Gasteiger partial charge >= 0.3 is 5.97 Å². The van der Waals surface area contributed by atoms with Crippen LogP contribution in [0.1, 0.15) is 43.5 Å². The fraction of sp³-hybridized carbons (Fsp3) is 0.500. The van der Waals surface area contributed by atoms with Crippen molar-refractivity contribution in [1.82, 2.24) is 0 Å². The van der Waals surface area contributed by atoms with Gasteiger partial charge in [-0.25, -0.2) is 4.79 Å². The fourth-order valence-corrected chi connectivity index (χ4v) is 2.15. The zero-order chi connectivity index (χ0) is 16.0. The minimum absolute atomic E-state index is 0.0303. The number of carboxylic acids is 1. The van der Waals surface area contributed by atoms with Crippen LogP contribution in [0.4, 0.5) is 5.69 Å². The summed E-state index contributed by atoms with van der Waals surface area (Å²) in [6.45, 7) is 3.87. The van der Waals surface area contributed by atoms with Crippen LogP contribution in [0.3, 0.4) is 0 Å². The highest BCUT2D eigenvalue weighted by Gasteiger charge is 2.18. The lowest BCUT2D eigenvalue weighted by Gasteiger charge is -2.22. The second-order valence-corrected chi connectivity index (χ2v) is 5.56. The van der Waals surface area contributed by atoms with Crippen LogP contribution in [0, 0.1) is 5.92 Å². The summed E-state index contributed by atoms with van der Waals surface area (Å²) in [6.07, 6.45) is 2.64. The molecule has 0 fully saturated rings. The lowest BCUT2D eigenvalue weighted by molar-refractivity contribution is -0.121. The number of anilines is 1. The smallest absolute Gasteiger partial charge is 0.335 e. The van der Waals surface area contributed by atoms with Crippen molar-refractivity contribution in [2.45, 2.75) is 39.2 Å². The highest BCUT2D eigenvalue weighted by molar-refractivity contribution is 5.95. The van der Waals surface area contributed by atoms with E-state index in [2.05, 4.69) is 0 Å². The maximum atomic E-state index is 12.3. The number of carbonyl (C=O) groups excluding carboxylic acids is 1. The van der Waals surface area contributed by atoms with Gasteiger partial charge < -0.3 is 15.7 Å². The Kier molecular flexibility index (Phi) is 6.37. The van der Waals surface area contributed by atoms with E-state index >= 15 is 0 Å². The molecule has 0 radical (unpaired) electrons. The Morgan fingerprint density at radius 1 is 1.19 bits per heavy atom. The zero-order valence-electron chi connectivity index (χ0n) is 12.9. The van der Waals surface area contributed by atoms with E-state index in [9.17, 15) is 9.59 Å². The average molecular weight is 292 g/mol. The molecule has 0 aromatic heterocycles. The molecule has 2 atom stereocenters. The van der Waals surface area contributed by atoms with Crippen molar-refractivity contribution in [2.75, 3.05) is 11.9 Å². The van der Waals surface area contributed by atoms with Crippen molar-refractivity contribution in [3.63, 3.8) is 0 Å². The van der Waals surface area contributed by atoms with E-state index in [1.807, 2.05) is 13.8 Å². The van der Waals surface area contributed by atoms with Crippen LogP contribution >= 0.6 is 0 Å². The monoisotopic (exact) mass is 292 g/mol. The SMILES string of the molecule is CC(N)CCCC(C)C(=O)N(C)c1ccc(C(=O)O)cc1. The Balaban J connectivity index is 2.62. The summed E-state index contributed by atoms with van der Waals surface area (Å²) in [5.74, 6) is -1.02. The molecule has 1 amide bonds. The molecule has 3 N–H and O–H groups in total. The van der Waals surface area contributed by atoms with Crippen LogP contribution in [0.25, 0.3) is 0 Å². The molecule has 116 valence electrons. The van der Waals surface area contributed by atoms with Crippen molar-refractivity contribution >= 4 is 17.6 Å². The Hall–Kier alpha value is -1.88. The maximum absolute atomic E-state index is 12.3. The molecule has 5 heteroatoms. The number of hydrogen-bond acceptors (Lipinski definition) is 3. The molecule has 1 aromatic rings. The Morgan fingerprint density at radius 2 is 1.76 bits per heavy atom. The molecule has 21 heavy (non-hydrogen) atoms. The summed E-state index contributed by atoms with van der Waals surface area (Å²) in [5, 5.41) is 8.86. The van der Waals surface area contributed by atoms with Crippen molar-refractivity contribution in [3.05, 3.63) is 29.8 Å². The minimum atomic E-state index is -0.972. The first-order valence-corrected chi connectivity index (χ1v) is 7.19. The highest BCUT2D eigenvalue weighted by Crippen LogP contribution is 2.19. The van der Waals surface area contributed by atoms with Gasteiger partial charge in [0.15, 0.2) is 0 Å². The van der Waals surface area contributed by atoms with Crippen LogP contribution in [-0.2, 0) is 4.79 Å². The minimum Gasteiger partial charge on any atom is -0.478 e. The number of aromatic carboxylic acids is 1. The van der Waals surface area contributed by atoms with Crippen LogP contribution in [0.5, 0.6) is 0 Å². The van der Waals surface area contributed by atoms with E-state index in [0.29, 0.717) is 5.69 Å². The standard InChI is InChI=1S/C16H24N2O3/c1-11(5-4-6-12(2)17)15(19)18(3)14-9-7-13(8-10-14)16(20)21/h7-12H,4-6,17H2,1-3H3,(H,20,21). The normalized spacial score (nSPS) is 13.5. The summed E-state index contributed by atoms with van der Waals surface area (Å²) < 4.78 is 0. The lowest BCUT2D eigenvalue weighted by Crippen LogP contribution is -2.31. The number of nitrogens with zero attached hydrogens (tertiary/aromatic N) is 1. The molecule has 1 aromatic carbocycles. The molecule has 0 aliphatic carbocycles. The Labute approximate surface area is 125 Å². The van der Waals surface area contributed by atoms with Gasteiger partial charge in [0.05, 0.1) is 5.56 Å². The first-order chi connectivity index (χ1) is 9.82. The molecule has 5 nitrogen and oxygen atoms in total. The number of hydrogen-bond donors (Lipinski definition) is 2. The van der Waals surface area contributed by atoms with E-state index in [-0.39, 0.29) is 23.4 Å². The summed E-state index contributed by atoms with van der Waals surface area (Å²) in [5.41, 5.74) is 6.61. The fourth-order valence-electron chi connectivity index (χ4n) is 2.15. The number of carbonyl (C=O) groups is 2. The van der Waals surface area contributed by atoms with Gasteiger partial charge in [-0.2, -0.15) is 0 Å². The largest absolute Gasteiger partial charge is 0.478 e. The quantitative estimate of drug-likeness (QED) is 0.808. The Morgan fingerprint density at radius 3 is 2.24 bits per heavy atom. The summed E-state index contributed by atoms with van der Waals surface area (Å²) in [4.78, 5) is 24.7. The third-order valence-electron chi connectivity index (χ3n) is 3.55. The average Bonchev–Trinajstić information content (AvgIpc) is 2.45. The van der Waals surface area contributed by atoms with E-state index in [0.717, 1.165) is 19.3 Å². The topological polar surface area (TPSA) is 83.6 Å². The van der Waals surface area contributed by atoms with Crippen molar-refractivity contribution in [1.29, 1.82) is 0 Å². The second kappa shape index (κ2) is 7.78. The van der Waals surface area contributed by atoms with E-state index in [1.54, 1.807) is 24.1 Å². The predicted octanol–water partition coefficient (Wildman–Crippen LogP) is 2.50. The third-order valence-corrected chi connectivity index (χ3v) is 3.55. The predicted molar refractivity (Wildman–Crippen MR) is 83.5 cm³/mol. The third kappa shape index (κ3) is 5.19. The summed E-state index contributed by atoms with van der Waals surface area (Å²) >= 11 is 0. The molecule has 0 aliphatic heterocycles. The van der Waals surface area contributed by atoms with Gasteiger partial charge in [-0.15, -0.1) is 0 Å². The van der Waals surface area contributed by atoms with Gasteiger partial charge in [0.1, 0.15) is 0 Å². The molecule has 0 aliphatic rings. The molecule has 0 bridgehead atoms. The molecule has 0 saturated heterocycles. The van der Waals surface area contributed by atoms with Crippen LogP contribution in [0.15, 0.2) is 24.3 Å². The molecule has 0 heterocycles. The van der Waals surface area contributed by atoms with E-state index < -0.39 is 5.97 Å². The summed E-state index contributed by atoms with van der Waals surface area (Å²) in [7, 11) is 1.71. The highest BCUT2D eigenvalue weighted by atomic mass is 16.4. The number of amides is 1. The molecule has 0 saturated carbocycles. The molecular formula is C16H24N2O3. The van der Waals surface area contributed by atoms with Crippen LogP contribution in [0.2, 0.25) is 0 Å². The number of benzene rings is 1. The molecular weight excluding hydrogens is 268 g/mol. The van der Waals surface area contributed by atoms with Crippen LogP contribution in [-0.4, -0.2) is 30.1 Å². The van der Waals surface area contributed by atoms with Gasteiger partial charge in [-0.3, -0.25) is 4.79 Å². The first kappa shape index (κ1) is 17.2. The molecule has 0 spiro atoms. The van der Waals surface area contributed by atoms with Crippen molar-refractivity contribution < 1.29 is 14.7 Å². The van der Waals surface area contributed by atoms with E-state index in [1.165, 1.54) is 12.1 Å². The van der Waals surface area contributed by atoms with Crippen molar-refractivity contribution in [2.24, 2.45) is 11.7 Å². The number of rotatable bonds is 7. The number of nitrogens with two attached hydrogens (primary N) is 1. The van der Waals surface area contributed by atoms with Gasteiger partial charge in [-0.05, 0) is 44.0 Å². The summed E-state index contributed by atoms with van der Waals surface area (Å²) in [6, 6.07) is 6.46. The first-order valence-electron chi connectivity index (χ1n) is 7.19. The van der Waals surface area contributed by atoms with Gasteiger partial charge in [0.2, 0.25) is 5.91 Å². The van der Waals surface area contributed by atoms with Gasteiger partial charge in [0.25, 0.3) is 0 Å². The van der Waals surface area contributed by atoms with Crippen LogP contribution < -0.4 is 10.6 Å². The second-order valence-electron chi connectivity index (χ2n) is 5.56. The Bertz CT molecular complexity index is 483. The zero-order valence-corrected chi connectivity index (χ0v) is 12.9. The van der Waals surface area contributed by atoms with E-state index in [4.69, 9.17) is 10.8 Å². The van der Waals surface area contributed by atoms with Crippen molar-refractivity contribution in [3.8, 4) is 0 Å². The number of carboxylic acid groups (broad SMARTS) is 1. The lowest BCUT2D eigenvalue weighted by atomic mass is 10.0. The molecule has 1 rings (SSSR count).